The number of rotatable bonds is 6. The molecule has 5 nitrogen and oxygen atoms in total. The standard InChI is InChI=1S/C18H25ClN4O/c1-22-11-12-24-17(13-22)18(14-3-5-15(19)6-4-14)20-9-7-16-8-10-21-23(16)2/h3-6,8,10,17-18,20H,7,9,11-13H2,1-2H3/t17-,18+/m1/s1. The van der Waals surface area contributed by atoms with Crippen molar-refractivity contribution in [2.75, 3.05) is 33.3 Å². The Kier molecular flexibility index (Phi) is 5.89. The molecule has 0 aliphatic carbocycles. The van der Waals surface area contributed by atoms with Crippen molar-refractivity contribution in [1.82, 2.24) is 20.0 Å². The second-order valence-corrected chi connectivity index (χ2v) is 6.79. The van der Waals surface area contributed by atoms with E-state index >= 15 is 0 Å². The zero-order chi connectivity index (χ0) is 16.9. The van der Waals surface area contributed by atoms with E-state index in [0.717, 1.165) is 37.7 Å². The van der Waals surface area contributed by atoms with Crippen LogP contribution in [0.5, 0.6) is 0 Å². The number of aryl methyl sites for hydroxylation is 1. The van der Waals surface area contributed by atoms with E-state index in [4.69, 9.17) is 16.3 Å². The highest BCUT2D eigenvalue weighted by Crippen LogP contribution is 2.23. The van der Waals surface area contributed by atoms with Gasteiger partial charge in [-0.15, -0.1) is 0 Å². The van der Waals surface area contributed by atoms with Gasteiger partial charge in [-0.1, -0.05) is 23.7 Å². The van der Waals surface area contributed by atoms with Gasteiger partial charge in [-0.05, 0) is 30.8 Å². The summed E-state index contributed by atoms with van der Waals surface area (Å²) in [6.45, 7) is 3.55. The second-order valence-electron chi connectivity index (χ2n) is 6.35. The smallest absolute Gasteiger partial charge is 0.0896 e. The molecule has 0 saturated carbocycles. The van der Waals surface area contributed by atoms with Crippen LogP contribution in [0.4, 0.5) is 0 Å². The number of halogens is 1. The molecule has 1 aliphatic rings. The number of nitrogens with one attached hydrogen (secondary N) is 1. The number of ether oxygens (including phenoxy) is 1. The van der Waals surface area contributed by atoms with E-state index in [1.54, 1.807) is 0 Å². The summed E-state index contributed by atoms with van der Waals surface area (Å²) >= 11 is 6.05. The minimum atomic E-state index is 0.136. The highest BCUT2D eigenvalue weighted by atomic mass is 35.5. The maximum Gasteiger partial charge on any atom is 0.0896 e. The summed E-state index contributed by atoms with van der Waals surface area (Å²) < 4.78 is 7.97. The molecule has 1 aromatic carbocycles. The van der Waals surface area contributed by atoms with Gasteiger partial charge in [0.25, 0.3) is 0 Å². The molecule has 0 amide bonds. The van der Waals surface area contributed by atoms with Gasteiger partial charge in [0.1, 0.15) is 0 Å². The van der Waals surface area contributed by atoms with Crippen molar-refractivity contribution < 1.29 is 4.74 Å². The van der Waals surface area contributed by atoms with Crippen LogP contribution in [0.25, 0.3) is 0 Å². The second kappa shape index (κ2) is 8.12. The summed E-state index contributed by atoms with van der Waals surface area (Å²) in [7, 11) is 4.12. The Morgan fingerprint density at radius 2 is 2.08 bits per heavy atom. The van der Waals surface area contributed by atoms with Gasteiger partial charge in [-0.2, -0.15) is 5.10 Å². The van der Waals surface area contributed by atoms with E-state index in [2.05, 4.69) is 40.6 Å². The van der Waals surface area contributed by atoms with Gasteiger partial charge in [0.05, 0.1) is 18.8 Å². The molecular weight excluding hydrogens is 324 g/mol. The molecule has 2 atom stereocenters. The number of nitrogens with zero attached hydrogens (tertiary/aromatic N) is 3. The van der Waals surface area contributed by atoms with Crippen molar-refractivity contribution in [3.05, 3.63) is 52.8 Å². The summed E-state index contributed by atoms with van der Waals surface area (Å²) in [4.78, 5) is 2.32. The van der Waals surface area contributed by atoms with Crippen LogP contribution < -0.4 is 5.32 Å². The van der Waals surface area contributed by atoms with Crippen LogP contribution in [0.3, 0.4) is 0 Å². The number of hydrogen-bond donors (Lipinski definition) is 1. The van der Waals surface area contributed by atoms with Crippen LogP contribution in [0, 0.1) is 0 Å². The lowest BCUT2D eigenvalue weighted by Gasteiger charge is -2.36. The van der Waals surface area contributed by atoms with Crippen LogP contribution >= 0.6 is 11.6 Å². The third-order valence-corrected chi connectivity index (χ3v) is 4.82. The van der Waals surface area contributed by atoms with Gasteiger partial charge < -0.3 is 15.0 Å². The normalized spacial score (nSPS) is 20.2. The zero-order valence-corrected chi connectivity index (χ0v) is 15.0. The third-order valence-electron chi connectivity index (χ3n) is 4.57. The van der Waals surface area contributed by atoms with Gasteiger partial charge in [0.2, 0.25) is 0 Å². The predicted octanol–water partition coefficient (Wildman–Crippen LogP) is 2.28. The van der Waals surface area contributed by atoms with Gasteiger partial charge in [0.15, 0.2) is 0 Å². The van der Waals surface area contributed by atoms with Crippen LogP contribution in [-0.2, 0) is 18.2 Å². The summed E-state index contributed by atoms with van der Waals surface area (Å²) in [6, 6.07) is 10.3. The average Bonchev–Trinajstić information content (AvgIpc) is 2.98. The Morgan fingerprint density at radius 1 is 1.29 bits per heavy atom. The van der Waals surface area contributed by atoms with E-state index in [1.807, 2.05) is 30.1 Å². The molecule has 1 fully saturated rings. The number of benzene rings is 1. The first-order valence-corrected chi connectivity index (χ1v) is 8.77. The topological polar surface area (TPSA) is 42.3 Å². The van der Waals surface area contributed by atoms with Gasteiger partial charge in [0, 0.05) is 50.0 Å². The number of morpholine rings is 1. The van der Waals surface area contributed by atoms with Crippen LogP contribution in [-0.4, -0.2) is 54.1 Å². The van der Waals surface area contributed by atoms with Crippen molar-refractivity contribution in [2.24, 2.45) is 7.05 Å². The van der Waals surface area contributed by atoms with Crippen molar-refractivity contribution in [1.29, 1.82) is 0 Å². The van der Waals surface area contributed by atoms with Crippen molar-refractivity contribution in [3.8, 4) is 0 Å². The molecule has 2 aromatic rings. The molecule has 0 radical (unpaired) electrons. The van der Waals surface area contributed by atoms with Crippen LogP contribution in [0.15, 0.2) is 36.5 Å². The molecule has 130 valence electrons. The fourth-order valence-electron chi connectivity index (χ4n) is 3.15. The molecule has 24 heavy (non-hydrogen) atoms. The van der Waals surface area contributed by atoms with E-state index in [0.29, 0.717) is 0 Å². The first-order chi connectivity index (χ1) is 11.6. The molecule has 3 rings (SSSR count). The Morgan fingerprint density at radius 3 is 2.75 bits per heavy atom. The SMILES string of the molecule is CN1CCO[C@@H]([C@@H](NCCc2ccnn2C)c2ccc(Cl)cc2)C1. The number of likely N-dealkylation sites (N-methyl/N-ethyl adjacent to an activating group) is 1. The van der Waals surface area contributed by atoms with Crippen molar-refractivity contribution >= 4 is 11.6 Å². The van der Waals surface area contributed by atoms with E-state index in [1.165, 1.54) is 11.3 Å². The molecular formula is C18H25ClN4O. The largest absolute Gasteiger partial charge is 0.374 e. The molecule has 1 aliphatic heterocycles. The summed E-state index contributed by atoms with van der Waals surface area (Å²) in [6.07, 6.45) is 2.91. The van der Waals surface area contributed by atoms with Gasteiger partial charge in [-0.25, -0.2) is 0 Å². The maximum atomic E-state index is 6.05. The van der Waals surface area contributed by atoms with Crippen LogP contribution in [0.2, 0.25) is 5.02 Å². The Labute approximate surface area is 148 Å². The minimum Gasteiger partial charge on any atom is -0.374 e. The van der Waals surface area contributed by atoms with E-state index in [-0.39, 0.29) is 12.1 Å². The Hall–Kier alpha value is -1.40. The van der Waals surface area contributed by atoms with E-state index in [9.17, 15) is 0 Å². The highest BCUT2D eigenvalue weighted by Gasteiger charge is 2.27. The molecule has 6 heteroatoms. The quantitative estimate of drug-likeness (QED) is 0.869. The number of hydrogen-bond acceptors (Lipinski definition) is 4. The summed E-state index contributed by atoms with van der Waals surface area (Å²) in [5, 5.41) is 8.66. The molecule has 1 saturated heterocycles. The molecule has 1 N–H and O–H groups in total. The van der Waals surface area contributed by atoms with Crippen molar-refractivity contribution in [3.63, 3.8) is 0 Å². The predicted molar refractivity (Wildman–Crippen MR) is 96.3 cm³/mol. The highest BCUT2D eigenvalue weighted by molar-refractivity contribution is 6.30. The molecule has 2 heterocycles. The van der Waals surface area contributed by atoms with Crippen molar-refractivity contribution in [2.45, 2.75) is 18.6 Å². The third kappa shape index (κ3) is 4.36. The molecule has 0 spiro atoms. The number of aromatic nitrogens is 2. The summed E-state index contributed by atoms with van der Waals surface area (Å²) in [5.74, 6) is 0. The zero-order valence-electron chi connectivity index (χ0n) is 14.3. The lowest BCUT2D eigenvalue weighted by molar-refractivity contribution is -0.0392. The first kappa shape index (κ1) is 17.4. The fraction of sp³-hybridized carbons (Fsp3) is 0.500. The lowest BCUT2D eigenvalue weighted by Crippen LogP contribution is -2.47. The van der Waals surface area contributed by atoms with E-state index < -0.39 is 0 Å². The molecule has 1 aromatic heterocycles. The maximum absolute atomic E-state index is 6.05. The fourth-order valence-corrected chi connectivity index (χ4v) is 3.28. The summed E-state index contributed by atoms with van der Waals surface area (Å²) in [5.41, 5.74) is 2.43. The van der Waals surface area contributed by atoms with Gasteiger partial charge >= 0.3 is 0 Å². The Balaban J connectivity index is 1.69. The first-order valence-electron chi connectivity index (χ1n) is 8.39. The Bertz CT molecular complexity index is 643. The minimum absolute atomic E-state index is 0.136. The molecule has 0 bridgehead atoms. The molecule has 0 unspecified atom stereocenters. The van der Waals surface area contributed by atoms with Crippen LogP contribution in [0.1, 0.15) is 17.3 Å². The monoisotopic (exact) mass is 348 g/mol. The lowest BCUT2D eigenvalue weighted by atomic mass is 9.99. The van der Waals surface area contributed by atoms with Gasteiger partial charge in [-0.3, -0.25) is 4.68 Å². The average molecular weight is 349 g/mol.